The van der Waals surface area contributed by atoms with E-state index < -0.39 is 22.0 Å². The van der Waals surface area contributed by atoms with E-state index in [1.165, 1.54) is 16.8 Å². The minimum Gasteiger partial charge on any atom is -0.490 e. The van der Waals surface area contributed by atoms with Gasteiger partial charge in [-0.15, -0.1) is 5.10 Å². The molecule has 4 rings (SSSR count). The molecule has 2 aromatic carbocycles. The first-order chi connectivity index (χ1) is 20.4. The summed E-state index contributed by atoms with van der Waals surface area (Å²) in [7, 11) is -4.10. The van der Waals surface area contributed by atoms with Crippen molar-refractivity contribution in [2.45, 2.75) is 58.5 Å². The normalized spacial score (nSPS) is 13.2. The van der Waals surface area contributed by atoms with Gasteiger partial charge in [0.1, 0.15) is 28.0 Å². The van der Waals surface area contributed by atoms with Crippen LogP contribution in [0.4, 0.5) is 5.69 Å². The zero-order chi connectivity index (χ0) is 31.3. The molecule has 4 aromatic rings. The van der Waals surface area contributed by atoms with Gasteiger partial charge in [0.2, 0.25) is 10.0 Å². The van der Waals surface area contributed by atoms with Crippen molar-refractivity contribution >= 4 is 38.9 Å². The fraction of sp³-hybridized carbons (Fsp3) is 0.414. The van der Waals surface area contributed by atoms with Gasteiger partial charge in [0, 0.05) is 24.8 Å². The van der Waals surface area contributed by atoms with E-state index in [1.54, 1.807) is 26.8 Å². The second-order valence-electron chi connectivity index (χ2n) is 10.2. The summed E-state index contributed by atoms with van der Waals surface area (Å²) in [6.45, 7) is 11.9. The highest BCUT2D eigenvalue weighted by molar-refractivity contribution is 7.89. The molecule has 2 atom stereocenters. The van der Waals surface area contributed by atoms with Crippen molar-refractivity contribution in [2.24, 2.45) is 0 Å². The zero-order valence-corrected chi connectivity index (χ0v) is 26.6. The largest absolute Gasteiger partial charge is 0.490 e. The lowest BCUT2D eigenvalue weighted by Gasteiger charge is -2.18. The predicted molar refractivity (Wildman–Crippen MR) is 164 cm³/mol. The maximum absolute atomic E-state index is 13.5. The first kappa shape index (κ1) is 32.3. The number of nitrogens with one attached hydrogen (secondary N) is 3. The quantitative estimate of drug-likeness (QED) is 0.172. The van der Waals surface area contributed by atoms with Crippen LogP contribution >= 0.6 is 11.6 Å². The summed E-state index contributed by atoms with van der Waals surface area (Å²) in [5, 5.41) is 10.6. The van der Waals surface area contributed by atoms with E-state index in [2.05, 4.69) is 25.2 Å². The van der Waals surface area contributed by atoms with Gasteiger partial charge in [-0.1, -0.05) is 36.2 Å². The summed E-state index contributed by atoms with van der Waals surface area (Å²) in [6, 6.07) is 10.1. The number of hydrogen-bond donors (Lipinski definition) is 3. The molecule has 43 heavy (non-hydrogen) atoms. The summed E-state index contributed by atoms with van der Waals surface area (Å²) in [5.41, 5.74) is 3.45. The van der Waals surface area contributed by atoms with Crippen LogP contribution in [0.5, 0.6) is 11.5 Å². The molecule has 2 unspecified atom stereocenters. The number of halogens is 1. The fourth-order valence-electron chi connectivity index (χ4n) is 4.23. The summed E-state index contributed by atoms with van der Waals surface area (Å²) < 4.78 is 48.1. The van der Waals surface area contributed by atoms with Crippen LogP contribution in [0.25, 0.3) is 5.65 Å². The Labute approximate surface area is 256 Å². The smallest absolute Gasteiger partial charge is 0.265 e. The summed E-state index contributed by atoms with van der Waals surface area (Å²) in [6.07, 6.45) is -0.840. The van der Waals surface area contributed by atoms with Crippen molar-refractivity contribution in [3.63, 3.8) is 0 Å². The van der Waals surface area contributed by atoms with Crippen molar-refractivity contribution in [1.29, 1.82) is 0 Å². The SMILES string of the molecule is CCOCCOc1ccc(NC(=O)C(C)Oc2ccc(C)cc2C)cc1S(=O)(=O)NCC(C)c1nc2c(Cl)c(C)[nH]n2n1. The Hall–Kier alpha value is -3.65. The molecule has 0 spiro atoms. The van der Waals surface area contributed by atoms with Gasteiger partial charge in [0.15, 0.2) is 17.6 Å². The minimum absolute atomic E-state index is 0.00184. The molecule has 2 heterocycles. The van der Waals surface area contributed by atoms with Crippen molar-refractivity contribution < 1.29 is 27.4 Å². The second-order valence-corrected chi connectivity index (χ2v) is 12.3. The van der Waals surface area contributed by atoms with Gasteiger partial charge in [-0.05, 0) is 64.4 Å². The molecular weight excluding hydrogens is 596 g/mol. The lowest BCUT2D eigenvalue weighted by atomic mass is 10.1. The molecule has 0 radical (unpaired) electrons. The molecule has 0 bridgehead atoms. The third-order valence-electron chi connectivity index (χ3n) is 6.64. The molecule has 0 aliphatic carbocycles. The van der Waals surface area contributed by atoms with Crippen LogP contribution in [0.2, 0.25) is 5.02 Å². The lowest BCUT2D eigenvalue weighted by Crippen LogP contribution is -2.31. The third kappa shape index (κ3) is 7.85. The predicted octanol–water partition coefficient (Wildman–Crippen LogP) is 4.54. The topological polar surface area (TPSA) is 149 Å². The Balaban J connectivity index is 1.50. The number of anilines is 1. The number of aromatic amines is 1. The number of sulfonamides is 1. The Morgan fingerprint density at radius 1 is 1.09 bits per heavy atom. The van der Waals surface area contributed by atoms with Gasteiger partial charge in [0.05, 0.1) is 12.3 Å². The van der Waals surface area contributed by atoms with Crippen LogP contribution < -0.4 is 19.5 Å². The molecule has 1 amide bonds. The van der Waals surface area contributed by atoms with Crippen molar-refractivity contribution in [3.05, 3.63) is 64.1 Å². The van der Waals surface area contributed by atoms with E-state index in [4.69, 9.17) is 25.8 Å². The molecule has 0 saturated carbocycles. The summed E-state index contributed by atoms with van der Waals surface area (Å²) in [4.78, 5) is 17.3. The first-order valence-corrected chi connectivity index (χ1v) is 15.8. The average molecular weight is 633 g/mol. The van der Waals surface area contributed by atoms with E-state index in [0.717, 1.165) is 16.8 Å². The van der Waals surface area contributed by atoms with E-state index in [0.29, 0.717) is 28.9 Å². The first-order valence-electron chi connectivity index (χ1n) is 13.9. The number of rotatable bonds is 14. The number of fused-ring (bicyclic) bond motifs is 1. The molecule has 12 nitrogen and oxygen atoms in total. The number of ether oxygens (including phenoxy) is 3. The molecular formula is C29H37ClN6O6S. The van der Waals surface area contributed by atoms with Crippen molar-refractivity contribution in [1.82, 2.24) is 24.5 Å². The molecule has 232 valence electrons. The second kappa shape index (κ2) is 13.8. The Morgan fingerprint density at radius 3 is 2.53 bits per heavy atom. The molecule has 2 aromatic heterocycles. The standard InChI is InChI=1S/C29H37ClN6O6S/c1-7-40-12-13-41-24-11-9-22(32-29(37)21(6)42-23-10-8-17(2)14-18(23)3)15-25(24)43(38,39)31-16-19(4)27-33-28-26(30)20(5)34-36(28)35-27/h8-11,14-15,19,21,31,34H,7,12-13,16H2,1-6H3,(H,32,37). The Bertz CT molecular complexity index is 1700. The van der Waals surface area contributed by atoms with E-state index in [9.17, 15) is 13.2 Å². The van der Waals surface area contributed by atoms with Gasteiger partial charge in [0.25, 0.3) is 5.91 Å². The van der Waals surface area contributed by atoms with Crippen LogP contribution in [-0.4, -0.2) is 66.6 Å². The third-order valence-corrected chi connectivity index (χ3v) is 8.53. The van der Waals surface area contributed by atoms with Gasteiger partial charge in [-0.3, -0.25) is 9.89 Å². The van der Waals surface area contributed by atoms with E-state index in [-0.39, 0.29) is 42.0 Å². The summed E-state index contributed by atoms with van der Waals surface area (Å²) in [5.74, 6) is 0.309. The van der Waals surface area contributed by atoms with Crippen molar-refractivity contribution in [2.75, 3.05) is 31.7 Å². The number of benzene rings is 2. The van der Waals surface area contributed by atoms with Gasteiger partial charge < -0.3 is 19.5 Å². The number of aromatic nitrogens is 4. The zero-order valence-electron chi connectivity index (χ0n) is 25.0. The fourth-order valence-corrected chi connectivity index (χ4v) is 5.69. The number of carbonyl (C=O) groups is 1. The highest BCUT2D eigenvalue weighted by Crippen LogP contribution is 2.29. The lowest BCUT2D eigenvalue weighted by molar-refractivity contribution is -0.122. The van der Waals surface area contributed by atoms with Crippen molar-refractivity contribution in [3.8, 4) is 11.5 Å². The molecule has 0 fully saturated rings. The van der Waals surface area contributed by atoms with E-state index in [1.807, 2.05) is 39.0 Å². The number of H-pyrrole nitrogens is 1. The molecule has 3 N–H and O–H groups in total. The maximum Gasteiger partial charge on any atom is 0.265 e. The van der Waals surface area contributed by atoms with Crippen LogP contribution in [0.3, 0.4) is 0 Å². The molecule has 0 saturated heterocycles. The average Bonchev–Trinajstić information content (AvgIpc) is 3.50. The van der Waals surface area contributed by atoms with Gasteiger partial charge in [-0.2, -0.15) is 4.63 Å². The number of hydrogen-bond acceptors (Lipinski definition) is 8. The molecule has 0 aliphatic rings. The molecule has 0 aliphatic heterocycles. The number of carbonyl (C=O) groups excluding carboxylic acids is 1. The van der Waals surface area contributed by atoms with Crippen LogP contribution in [0.15, 0.2) is 41.3 Å². The Morgan fingerprint density at radius 2 is 1.84 bits per heavy atom. The highest BCUT2D eigenvalue weighted by atomic mass is 35.5. The van der Waals surface area contributed by atoms with Gasteiger partial charge in [-0.25, -0.2) is 18.1 Å². The Kier molecular flexibility index (Phi) is 10.3. The minimum atomic E-state index is -4.10. The van der Waals surface area contributed by atoms with Crippen LogP contribution in [0, 0.1) is 20.8 Å². The maximum atomic E-state index is 13.5. The molecule has 14 heteroatoms. The number of aryl methyl sites for hydroxylation is 3. The van der Waals surface area contributed by atoms with Crippen LogP contribution in [-0.2, 0) is 19.6 Å². The summed E-state index contributed by atoms with van der Waals surface area (Å²) >= 11 is 6.26. The highest BCUT2D eigenvalue weighted by Gasteiger charge is 2.25. The van der Waals surface area contributed by atoms with Crippen LogP contribution in [0.1, 0.15) is 49.3 Å². The van der Waals surface area contributed by atoms with E-state index >= 15 is 0 Å². The van der Waals surface area contributed by atoms with Gasteiger partial charge >= 0.3 is 0 Å². The number of amides is 1. The number of nitrogens with zero attached hydrogens (tertiary/aromatic N) is 3. The monoisotopic (exact) mass is 632 g/mol.